The van der Waals surface area contributed by atoms with Gasteiger partial charge in [0.05, 0.1) is 5.69 Å². The Morgan fingerprint density at radius 2 is 2.17 bits per heavy atom. The Balaban J connectivity index is 1.81. The highest BCUT2D eigenvalue weighted by molar-refractivity contribution is 5.37. The van der Waals surface area contributed by atoms with E-state index in [1.54, 1.807) is 6.26 Å². The molecular formula is C15H18N2O. The fourth-order valence-corrected chi connectivity index (χ4v) is 2.91. The van der Waals surface area contributed by atoms with Gasteiger partial charge in [0.25, 0.3) is 0 Å². The summed E-state index contributed by atoms with van der Waals surface area (Å²) in [6.45, 7) is 5.37. The van der Waals surface area contributed by atoms with Gasteiger partial charge in [-0.1, -0.05) is 43.3 Å². The molecule has 1 aliphatic carbocycles. The van der Waals surface area contributed by atoms with Crippen molar-refractivity contribution in [3.05, 3.63) is 53.4 Å². The number of aromatic nitrogens is 1. The molecule has 1 unspecified atom stereocenters. The summed E-state index contributed by atoms with van der Waals surface area (Å²) in [5.74, 6) is 0. The molecule has 0 saturated carbocycles. The van der Waals surface area contributed by atoms with Crippen LogP contribution in [0, 0.1) is 5.41 Å². The molecule has 1 aliphatic rings. The van der Waals surface area contributed by atoms with Crippen LogP contribution in [0.1, 0.15) is 36.7 Å². The molecule has 0 fully saturated rings. The lowest BCUT2D eigenvalue weighted by Crippen LogP contribution is -2.30. The second-order valence-electron chi connectivity index (χ2n) is 5.67. The molecule has 3 heteroatoms. The van der Waals surface area contributed by atoms with Crippen LogP contribution in [0.2, 0.25) is 0 Å². The smallest absolute Gasteiger partial charge is 0.124 e. The maximum absolute atomic E-state index is 4.86. The number of rotatable bonds is 3. The normalized spacial score (nSPS) is 20.9. The van der Waals surface area contributed by atoms with Crippen LogP contribution in [-0.4, -0.2) is 5.16 Å². The molecule has 1 N–H and O–H groups in total. The minimum Gasteiger partial charge on any atom is -0.364 e. The van der Waals surface area contributed by atoms with Gasteiger partial charge in [-0.25, -0.2) is 0 Å². The van der Waals surface area contributed by atoms with Gasteiger partial charge in [0.1, 0.15) is 6.26 Å². The third-order valence-electron chi connectivity index (χ3n) is 3.77. The summed E-state index contributed by atoms with van der Waals surface area (Å²) < 4.78 is 4.86. The van der Waals surface area contributed by atoms with E-state index in [4.69, 9.17) is 4.52 Å². The molecule has 1 aromatic carbocycles. The highest BCUT2D eigenvalue weighted by Crippen LogP contribution is 2.44. The van der Waals surface area contributed by atoms with E-state index < -0.39 is 0 Å². The van der Waals surface area contributed by atoms with Crippen molar-refractivity contribution in [1.82, 2.24) is 10.5 Å². The molecule has 2 aromatic rings. The van der Waals surface area contributed by atoms with Gasteiger partial charge in [0.15, 0.2) is 0 Å². The molecule has 18 heavy (non-hydrogen) atoms. The van der Waals surface area contributed by atoms with Gasteiger partial charge < -0.3 is 9.84 Å². The van der Waals surface area contributed by atoms with Gasteiger partial charge in [-0.3, -0.25) is 0 Å². The molecule has 0 spiro atoms. The van der Waals surface area contributed by atoms with Gasteiger partial charge in [0, 0.05) is 18.7 Å². The number of hydrogen-bond donors (Lipinski definition) is 1. The van der Waals surface area contributed by atoms with Crippen molar-refractivity contribution in [3.8, 4) is 0 Å². The molecule has 0 saturated heterocycles. The van der Waals surface area contributed by atoms with Crippen LogP contribution in [0.5, 0.6) is 0 Å². The summed E-state index contributed by atoms with van der Waals surface area (Å²) in [6.07, 6.45) is 2.74. The molecule has 0 bridgehead atoms. The highest BCUT2D eigenvalue weighted by atomic mass is 16.5. The van der Waals surface area contributed by atoms with Gasteiger partial charge in [-0.2, -0.15) is 0 Å². The van der Waals surface area contributed by atoms with Crippen molar-refractivity contribution in [1.29, 1.82) is 0 Å². The first-order valence-corrected chi connectivity index (χ1v) is 6.37. The Kier molecular flexibility index (Phi) is 2.71. The first-order chi connectivity index (χ1) is 8.67. The summed E-state index contributed by atoms with van der Waals surface area (Å²) in [5.41, 5.74) is 4.08. The Bertz CT molecular complexity index is 531. The highest BCUT2D eigenvalue weighted by Gasteiger charge is 2.38. The predicted molar refractivity (Wildman–Crippen MR) is 70.0 cm³/mol. The van der Waals surface area contributed by atoms with E-state index in [9.17, 15) is 0 Å². The third-order valence-corrected chi connectivity index (χ3v) is 3.77. The lowest BCUT2D eigenvalue weighted by molar-refractivity contribution is 0.265. The Morgan fingerprint density at radius 3 is 2.94 bits per heavy atom. The minimum atomic E-state index is 0.243. The summed E-state index contributed by atoms with van der Waals surface area (Å²) in [5, 5.41) is 7.55. The van der Waals surface area contributed by atoms with Crippen molar-refractivity contribution in [2.24, 2.45) is 5.41 Å². The van der Waals surface area contributed by atoms with E-state index in [0.29, 0.717) is 6.04 Å². The monoisotopic (exact) mass is 242 g/mol. The van der Waals surface area contributed by atoms with Crippen LogP contribution >= 0.6 is 0 Å². The van der Waals surface area contributed by atoms with Crippen molar-refractivity contribution >= 4 is 0 Å². The lowest BCUT2D eigenvalue weighted by atomic mass is 9.85. The zero-order valence-electron chi connectivity index (χ0n) is 10.8. The van der Waals surface area contributed by atoms with E-state index in [1.807, 2.05) is 6.07 Å². The molecule has 1 atom stereocenters. The van der Waals surface area contributed by atoms with Crippen molar-refractivity contribution in [2.45, 2.75) is 32.9 Å². The van der Waals surface area contributed by atoms with Crippen LogP contribution in [0.3, 0.4) is 0 Å². The molecule has 1 aromatic heterocycles. The average Bonchev–Trinajstić information content (AvgIpc) is 2.91. The fraction of sp³-hybridized carbons (Fsp3) is 0.400. The van der Waals surface area contributed by atoms with E-state index >= 15 is 0 Å². The number of fused-ring (bicyclic) bond motifs is 1. The average molecular weight is 242 g/mol. The zero-order valence-corrected chi connectivity index (χ0v) is 10.8. The summed E-state index contributed by atoms with van der Waals surface area (Å²) in [6, 6.07) is 11.0. The van der Waals surface area contributed by atoms with Crippen molar-refractivity contribution in [2.75, 3.05) is 0 Å². The zero-order chi connectivity index (χ0) is 12.6. The van der Waals surface area contributed by atoms with Gasteiger partial charge in [-0.15, -0.1) is 0 Å². The molecule has 0 aliphatic heterocycles. The van der Waals surface area contributed by atoms with Crippen molar-refractivity contribution in [3.63, 3.8) is 0 Å². The fourth-order valence-electron chi connectivity index (χ4n) is 2.91. The molecular weight excluding hydrogens is 224 g/mol. The van der Waals surface area contributed by atoms with Gasteiger partial charge >= 0.3 is 0 Å². The van der Waals surface area contributed by atoms with E-state index in [0.717, 1.165) is 18.7 Å². The van der Waals surface area contributed by atoms with Crippen LogP contribution in [-0.2, 0) is 13.0 Å². The molecule has 3 rings (SSSR count). The Morgan fingerprint density at radius 1 is 1.33 bits per heavy atom. The van der Waals surface area contributed by atoms with Gasteiger partial charge in [0.2, 0.25) is 0 Å². The first kappa shape index (κ1) is 11.5. The number of benzene rings is 1. The Hall–Kier alpha value is -1.61. The second-order valence-corrected chi connectivity index (χ2v) is 5.67. The first-order valence-electron chi connectivity index (χ1n) is 6.37. The maximum Gasteiger partial charge on any atom is 0.124 e. The molecule has 0 radical (unpaired) electrons. The molecule has 0 amide bonds. The summed E-state index contributed by atoms with van der Waals surface area (Å²) in [4.78, 5) is 0. The molecule has 94 valence electrons. The van der Waals surface area contributed by atoms with E-state index in [1.165, 1.54) is 11.1 Å². The lowest BCUT2D eigenvalue weighted by Gasteiger charge is -2.28. The largest absolute Gasteiger partial charge is 0.364 e. The summed E-state index contributed by atoms with van der Waals surface area (Å²) in [7, 11) is 0. The van der Waals surface area contributed by atoms with Crippen molar-refractivity contribution < 1.29 is 4.52 Å². The SMILES string of the molecule is CC1(C)Cc2ccccc2C1NCc1ccon1. The minimum absolute atomic E-state index is 0.243. The second kappa shape index (κ2) is 4.25. The van der Waals surface area contributed by atoms with E-state index in [-0.39, 0.29) is 5.41 Å². The number of nitrogens with one attached hydrogen (secondary N) is 1. The molecule has 3 nitrogen and oxygen atoms in total. The van der Waals surface area contributed by atoms with Crippen LogP contribution in [0.4, 0.5) is 0 Å². The maximum atomic E-state index is 4.86. The quantitative estimate of drug-likeness (QED) is 0.898. The van der Waals surface area contributed by atoms with Crippen LogP contribution in [0.25, 0.3) is 0 Å². The van der Waals surface area contributed by atoms with Crippen LogP contribution < -0.4 is 5.32 Å². The predicted octanol–water partition coefficient (Wildman–Crippen LogP) is 3.09. The molecule has 1 heterocycles. The number of nitrogens with zero attached hydrogens (tertiary/aromatic N) is 1. The van der Waals surface area contributed by atoms with E-state index in [2.05, 4.69) is 48.6 Å². The Labute approximate surface area is 107 Å². The van der Waals surface area contributed by atoms with Crippen LogP contribution in [0.15, 0.2) is 41.1 Å². The standard InChI is InChI=1S/C15H18N2O/c1-15(2)9-11-5-3-4-6-13(11)14(15)16-10-12-7-8-18-17-12/h3-8,14,16H,9-10H2,1-2H3. The number of hydrogen-bond acceptors (Lipinski definition) is 3. The van der Waals surface area contributed by atoms with Gasteiger partial charge in [-0.05, 0) is 23.0 Å². The third kappa shape index (κ3) is 1.95. The summed E-state index contributed by atoms with van der Waals surface area (Å²) >= 11 is 0. The topological polar surface area (TPSA) is 38.1 Å².